The van der Waals surface area contributed by atoms with Crippen molar-refractivity contribution in [3.8, 4) is 0 Å². The summed E-state index contributed by atoms with van der Waals surface area (Å²) >= 11 is 0. The lowest BCUT2D eigenvalue weighted by Gasteiger charge is -2.18. The van der Waals surface area contributed by atoms with E-state index in [1.807, 2.05) is 6.92 Å². The summed E-state index contributed by atoms with van der Waals surface area (Å²) in [5.74, 6) is 0.965. The molecule has 0 aliphatic rings. The third-order valence-electron chi connectivity index (χ3n) is 2.21. The van der Waals surface area contributed by atoms with Crippen molar-refractivity contribution >= 4 is 5.97 Å². The minimum Gasteiger partial charge on any atom is -0.465 e. The molecule has 5 nitrogen and oxygen atoms in total. The van der Waals surface area contributed by atoms with Crippen molar-refractivity contribution in [1.82, 2.24) is 15.2 Å². The molecule has 1 aromatic rings. The maximum absolute atomic E-state index is 11.6. The Morgan fingerprint density at radius 2 is 2.13 bits per heavy atom. The van der Waals surface area contributed by atoms with E-state index < -0.39 is 5.41 Å². The summed E-state index contributed by atoms with van der Waals surface area (Å²) in [4.78, 5) is 15.9. The van der Waals surface area contributed by atoms with Gasteiger partial charge in [-0.15, -0.1) is 0 Å². The molecule has 0 aromatic carbocycles. The highest BCUT2D eigenvalue weighted by Gasteiger charge is 2.35. The van der Waals surface area contributed by atoms with Gasteiger partial charge in [0.2, 0.25) is 0 Å². The molecule has 5 heteroatoms. The zero-order valence-electron chi connectivity index (χ0n) is 9.63. The van der Waals surface area contributed by atoms with Crippen LogP contribution in [-0.2, 0) is 21.4 Å². The van der Waals surface area contributed by atoms with E-state index in [0.717, 1.165) is 12.2 Å². The van der Waals surface area contributed by atoms with Crippen LogP contribution < -0.4 is 0 Å². The summed E-state index contributed by atoms with van der Waals surface area (Å²) in [5, 5.41) is 6.81. The van der Waals surface area contributed by atoms with Crippen LogP contribution in [0.2, 0.25) is 0 Å². The third kappa shape index (κ3) is 2.34. The van der Waals surface area contributed by atoms with Gasteiger partial charge in [0.05, 0.1) is 6.61 Å². The predicted molar refractivity (Wildman–Crippen MR) is 55.4 cm³/mol. The Balaban J connectivity index is 2.89. The molecule has 15 heavy (non-hydrogen) atoms. The van der Waals surface area contributed by atoms with Crippen LogP contribution in [0.1, 0.15) is 39.3 Å². The number of H-pyrrole nitrogens is 1. The molecule has 0 atom stereocenters. The normalized spacial score (nSPS) is 11.5. The van der Waals surface area contributed by atoms with Gasteiger partial charge in [-0.3, -0.25) is 9.89 Å². The van der Waals surface area contributed by atoms with Crippen molar-refractivity contribution in [1.29, 1.82) is 0 Å². The molecule has 0 bridgehead atoms. The summed E-state index contributed by atoms with van der Waals surface area (Å²) in [6, 6.07) is 0. The predicted octanol–water partition coefficient (Wildman–Crippen LogP) is 1.21. The molecule has 0 spiro atoms. The van der Waals surface area contributed by atoms with Gasteiger partial charge >= 0.3 is 5.97 Å². The van der Waals surface area contributed by atoms with E-state index in [0.29, 0.717) is 12.4 Å². The number of aromatic amines is 1. The van der Waals surface area contributed by atoms with Crippen molar-refractivity contribution < 1.29 is 9.53 Å². The van der Waals surface area contributed by atoms with Gasteiger partial charge in [-0.05, 0) is 20.8 Å². The summed E-state index contributed by atoms with van der Waals surface area (Å²) in [6.07, 6.45) is 0.770. The number of carbonyl (C=O) groups is 1. The minimum absolute atomic E-state index is 0.299. The SMILES string of the molecule is CCOC(=O)C(C)(C)c1n[nH]c(CC)n1. The van der Waals surface area contributed by atoms with Gasteiger partial charge in [0.1, 0.15) is 11.2 Å². The number of hydrogen-bond acceptors (Lipinski definition) is 4. The van der Waals surface area contributed by atoms with E-state index >= 15 is 0 Å². The Labute approximate surface area is 89.2 Å². The van der Waals surface area contributed by atoms with E-state index in [-0.39, 0.29) is 5.97 Å². The smallest absolute Gasteiger partial charge is 0.319 e. The lowest BCUT2D eigenvalue weighted by Crippen LogP contribution is -2.32. The van der Waals surface area contributed by atoms with E-state index in [1.165, 1.54) is 0 Å². The summed E-state index contributed by atoms with van der Waals surface area (Å²) in [6.45, 7) is 7.64. The van der Waals surface area contributed by atoms with Gasteiger partial charge in [-0.1, -0.05) is 6.92 Å². The largest absolute Gasteiger partial charge is 0.465 e. The topological polar surface area (TPSA) is 67.9 Å². The Kier molecular flexibility index (Phi) is 3.44. The molecular weight excluding hydrogens is 194 g/mol. The third-order valence-corrected chi connectivity index (χ3v) is 2.21. The highest BCUT2D eigenvalue weighted by Crippen LogP contribution is 2.21. The summed E-state index contributed by atoms with van der Waals surface area (Å²) < 4.78 is 4.97. The molecule has 0 saturated heterocycles. The Hall–Kier alpha value is -1.39. The molecule has 0 amide bonds. The number of nitrogens with zero attached hydrogens (tertiary/aromatic N) is 2. The maximum Gasteiger partial charge on any atom is 0.319 e. The molecule has 0 fully saturated rings. The second-order valence-electron chi connectivity index (χ2n) is 3.80. The standard InChI is InChI=1S/C10H17N3O2/c1-5-7-11-8(13-12-7)10(3,4)9(14)15-6-2/h5-6H2,1-4H3,(H,11,12,13). The second kappa shape index (κ2) is 4.42. The Bertz CT molecular complexity index is 344. The van der Waals surface area contributed by atoms with Crippen molar-refractivity contribution in [2.45, 2.75) is 39.5 Å². The summed E-state index contributed by atoms with van der Waals surface area (Å²) in [7, 11) is 0. The van der Waals surface area contributed by atoms with Crippen LogP contribution in [0.5, 0.6) is 0 Å². The summed E-state index contributed by atoms with van der Waals surface area (Å²) in [5.41, 5.74) is -0.792. The first kappa shape index (κ1) is 11.7. The van der Waals surface area contributed by atoms with E-state index in [9.17, 15) is 4.79 Å². The lowest BCUT2D eigenvalue weighted by molar-refractivity contribution is -0.149. The van der Waals surface area contributed by atoms with Crippen molar-refractivity contribution in [3.05, 3.63) is 11.6 Å². The van der Waals surface area contributed by atoms with Crippen LogP contribution in [0.4, 0.5) is 0 Å². The average molecular weight is 211 g/mol. The zero-order chi connectivity index (χ0) is 11.5. The Morgan fingerprint density at radius 1 is 1.47 bits per heavy atom. The molecule has 1 N–H and O–H groups in total. The number of aryl methyl sites for hydroxylation is 1. The molecule has 1 heterocycles. The van der Waals surface area contributed by atoms with E-state index in [2.05, 4.69) is 15.2 Å². The highest BCUT2D eigenvalue weighted by atomic mass is 16.5. The zero-order valence-corrected chi connectivity index (χ0v) is 9.63. The van der Waals surface area contributed by atoms with Crippen LogP contribution in [0.25, 0.3) is 0 Å². The van der Waals surface area contributed by atoms with Gasteiger partial charge in [-0.2, -0.15) is 5.10 Å². The fraction of sp³-hybridized carbons (Fsp3) is 0.700. The number of esters is 1. The fourth-order valence-electron chi connectivity index (χ4n) is 1.14. The van der Waals surface area contributed by atoms with Crippen molar-refractivity contribution in [2.24, 2.45) is 0 Å². The lowest BCUT2D eigenvalue weighted by atomic mass is 9.93. The first-order valence-electron chi connectivity index (χ1n) is 5.11. The monoisotopic (exact) mass is 211 g/mol. The number of carbonyl (C=O) groups excluding carboxylic acids is 1. The average Bonchev–Trinajstić information content (AvgIpc) is 2.66. The molecule has 1 rings (SSSR count). The van der Waals surface area contributed by atoms with Crippen molar-refractivity contribution in [2.75, 3.05) is 6.61 Å². The molecule has 0 aliphatic carbocycles. The van der Waals surface area contributed by atoms with E-state index in [4.69, 9.17) is 4.74 Å². The first-order valence-corrected chi connectivity index (χ1v) is 5.11. The van der Waals surface area contributed by atoms with E-state index in [1.54, 1.807) is 20.8 Å². The molecule has 0 aliphatic heterocycles. The molecule has 0 radical (unpaired) electrons. The number of ether oxygens (including phenoxy) is 1. The first-order chi connectivity index (χ1) is 7.02. The molecule has 0 unspecified atom stereocenters. The molecule has 0 saturated carbocycles. The van der Waals surface area contributed by atoms with Crippen LogP contribution in [-0.4, -0.2) is 27.8 Å². The van der Waals surface area contributed by atoms with Gasteiger partial charge < -0.3 is 4.74 Å². The van der Waals surface area contributed by atoms with Crippen LogP contribution in [0.3, 0.4) is 0 Å². The highest BCUT2D eigenvalue weighted by molar-refractivity contribution is 5.80. The maximum atomic E-state index is 11.6. The molecule has 84 valence electrons. The minimum atomic E-state index is -0.792. The van der Waals surface area contributed by atoms with Crippen molar-refractivity contribution in [3.63, 3.8) is 0 Å². The van der Waals surface area contributed by atoms with Gasteiger partial charge in [0.25, 0.3) is 0 Å². The molecule has 1 aromatic heterocycles. The van der Waals surface area contributed by atoms with Gasteiger partial charge in [0, 0.05) is 6.42 Å². The number of hydrogen-bond donors (Lipinski definition) is 1. The molecular formula is C10H17N3O2. The van der Waals surface area contributed by atoms with Crippen LogP contribution in [0, 0.1) is 0 Å². The fourth-order valence-corrected chi connectivity index (χ4v) is 1.14. The quantitative estimate of drug-likeness (QED) is 0.760. The number of rotatable bonds is 4. The van der Waals surface area contributed by atoms with Gasteiger partial charge in [0.15, 0.2) is 5.82 Å². The van der Waals surface area contributed by atoms with Gasteiger partial charge in [-0.25, -0.2) is 4.98 Å². The number of aromatic nitrogens is 3. The van der Waals surface area contributed by atoms with Crippen LogP contribution >= 0.6 is 0 Å². The number of nitrogens with one attached hydrogen (secondary N) is 1. The Morgan fingerprint density at radius 3 is 2.60 bits per heavy atom. The van der Waals surface area contributed by atoms with Crippen LogP contribution in [0.15, 0.2) is 0 Å². The second-order valence-corrected chi connectivity index (χ2v) is 3.80.